The first-order valence-corrected chi connectivity index (χ1v) is 12.2. The number of ether oxygens (including phenoxy) is 3. The second kappa shape index (κ2) is 10.7. The molecule has 0 bridgehead atoms. The van der Waals surface area contributed by atoms with E-state index in [0.29, 0.717) is 6.92 Å². The van der Waals surface area contributed by atoms with E-state index in [1.807, 2.05) is 0 Å². The van der Waals surface area contributed by atoms with Gasteiger partial charge in [-0.1, -0.05) is 65.2 Å². The number of hydrogen-bond donors (Lipinski definition) is 1. The van der Waals surface area contributed by atoms with Crippen LogP contribution < -0.4 is 0 Å². The van der Waals surface area contributed by atoms with E-state index >= 15 is 4.79 Å². The van der Waals surface area contributed by atoms with Gasteiger partial charge >= 0.3 is 5.97 Å². The Morgan fingerprint density at radius 2 is 2.19 bits per heavy atom. The van der Waals surface area contributed by atoms with Crippen LogP contribution >= 0.6 is 0 Å². The summed E-state index contributed by atoms with van der Waals surface area (Å²) in [5.41, 5.74) is -18.2. The van der Waals surface area contributed by atoms with Crippen LogP contribution in [0.5, 0.6) is 0 Å². The summed E-state index contributed by atoms with van der Waals surface area (Å²) in [6.45, 7) is -13.7. The summed E-state index contributed by atoms with van der Waals surface area (Å²) in [5, 5.41) is 4.58. The number of allylic oxidation sites excluding steroid dienone is 4. The minimum absolute atomic E-state index is 0.0303. The van der Waals surface area contributed by atoms with E-state index in [1.54, 1.807) is 0 Å². The molecule has 42 heavy (non-hydrogen) atoms. The molecule has 12 atom stereocenters. The Labute approximate surface area is 302 Å². The fourth-order valence-electron chi connectivity index (χ4n) is 5.16. The van der Waals surface area contributed by atoms with Crippen LogP contribution in [0.3, 0.4) is 0 Å². The van der Waals surface area contributed by atoms with Crippen LogP contribution in [0.4, 0.5) is 0 Å². The number of hydrogen-bond acceptors (Lipinski definition) is 7. The second-order valence-corrected chi connectivity index (χ2v) is 9.79. The van der Waals surface area contributed by atoms with E-state index in [-0.39, 0.29) is 13.8 Å². The molecule has 4 saturated carbocycles. The summed E-state index contributed by atoms with van der Waals surface area (Å²) in [6, 6.07) is -3.49. The summed E-state index contributed by atoms with van der Waals surface area (Å²) < 4.78 is 353. The number of ketones is 2. The molecule has 1 aliphatic heterocycles. The Morgan fingerprint density at radius 3 is 2.93 bits per heavy atom. The maximum atomic E-state index is 16.2. The maximum absolute atomic E-state index is 16.2. The van der Waals surface area contributed by atoms with Crippen molar-refractivity contribution in [3.8, 4) is 0 Å². The first-order valence-electron chi connectivity index (χ1n) is 31.1. The Balaban J connectivity index is 1.98. The molecule has 0 aromatic carbocycles. The van der Waals surface area contributed by atoms with E-state index in [0.717, 1.165) is 0 Å². The summed E-state index contributed by atoms with van der Waals surface area (Å²) in [5.74, 6) is -38.0. The molecule has 0 aromatic heterocycles. The lowest BCUT2D eigenvalue weighted by Gasteiger charge is -2.60. The van der Waals surface area contributed by atoms with Gasteiger partial charge in [-0.2, -0.15) is 0 Å². The SMILES string of the molecule is [2H]C[C@]12C([2H])=C(C)C(=O)C([2H])=C1C([2H])([2H])C([2H])([2H])[C@@]1([2H])[C@]3([2H])C([2H])([2H])[C@@]4([2H])O[C@@]([2H])(C5([2H])C([2H])([2H])C([2H])([2H])C([2H])([2H])C([2H])([2H])C5([2H])C)O[C@@]4(C(=O)C([2H])([2H])OC(=O)C([2H])(C([2H])([2H])[2H])C([2H])([2H])C)[C@@]3(C[2H])C([2H])([2H])[C@]([2H])(O[2H])[C@]21[2H]. The number of Topliss-reactive ketones (excluding diaryl/α,β-unsaturated/α-hetero) is 1. The Kier molecular flexibility index (Phi) is 2.32. The van der Waals surface area contributed by atoms with Gasteiger partial charge in [0.25, 0.3) is 0 Å². The van der Waals surface area contributed by atoms with Gasteiger partial charge < -0.3 is 19.3 Å². The molecule has 6 rings (SSSR count). The number of aliphatic hydroxyl groups is 1. The van der Waals surface area contributed by atoms with Gasteiger partial charge in [-0.15, -0.1) is 0 Å². The minimum atomic E-state index is -5.69. The van der Waals surface area contributed by atoms with Crippen molar-refractivity contribution < 1.29 is 83.1 Å². The standard InChI is InChI=1S/C35H50O7/c1-7-19(2)31(39)40-18-28(38)35-29(41-32(42-35)23-11-9-8-10-20(23)3)15-25-24-13-12-22-14-26(36)21(4)16-33(22,5)30(24)27(37)17-34(25,35)6/h14,16,19-20,23-25,27,29-30,32,37H,7-13,15,17-18H2,1-6H3/t19?,20?,23?,24-,25-,27-,29+,30+,32+,33-,34-,35+/m0/s1/i2D3,5D,6D,7D2,8D2,9D2,10D2,11D2,12D2,13D2,14D,15D2,16D,17D2,18D2,19D,20D,23D,24D,25D,27D,29D,30D,32D,37D. The van der Waals surface area contributed by atoms with Gasteiger partial charge in [0, 0.05) is 62.4 Å². The van der Waals surface area contributed by atoms with E-state index < -0.39 is 196 Å². The lowest BCUT2D eigenvalue weighted by molar-refractivity contribution is -0.213. The van der Waals surface area contributed by atoms with Crippen LogP contribution in [0.25, 0.3) is 0 Å². The summed E-state index contributed by atoms with van der Waals surface area (Å²) >= 11 is 0. The normalized spacial score (nSPS) is 85.5. The smallest absolute Gasteiger partial charge is 0.309 e. The highest BCUT2D eigenvalue weighted by Gasteiger charge is 2.76. The number of carbonyl (C=O) groups excluding carboxylic acids is 3. The van der Waals surface area contributed by atoms with Gasteiger partial charge in [0.1, 0.15) is 0 Å². The van der Waals surface area contributed by atoms with Crippen LogP contribution in [-0.4, -0.2) is 54.7 Å². The maximum Gasteiger partial charge on any atom is 0.309 e. The molecule has 1 N–H and O–H groups in total. The molecule has 3 unspecified atom stereocenters. The zero-order chi connectivity index (χ0) is 62.8. The molecule has 232 valence electrons. The van der Waals surface area contributed by atoms with Gasteiger partial charge in [-0.3, -0.25) is 14.4 Å². The first-order chi connectivity index (χ1) is 34.4. The number of esters is 1. The highest BCUT2D eigenvalue weighted by atomic mass is 16.7. The monoisotopic (exact) mass is 620 g/mol. The van der Waals surface area contributed by atoms with E-state index in [2.05, 4.69) is 9.85 Å². The molecule has 5 fully saturated rings. The van der Waals surface area contributed by atoms with Crippen LogP contribution in [0.15, 0.2) is 23.3 Å². The highest BCUT2D eigenvalue weighted by Crippen LogP contribution is 2.70. The van der Waals surface area contributed by atoms with Gasteiger partial charge in [0.05, 0.1) is 27.6 Å². The molecule has 1 heterocycles. The molecule has 7 nitrogen and oxygen atoms in total. The van der Waals surface area contributed by atoms with Crippen LogP contribution in [0.2, 0.25) is 0 Å². The predicted molar refractivity (Wildman–Crippen MR) is 157 cm³/mol. The average molecular weight is 620 g/mol. The zero-order valence-corrected chi connectivity index (χ0v) is 22.3. The van der Waals surface area contributed by atoms with Crippen LogP contribution in [0.1, 0.15) is 148 Å². The molecule has 0 aromatic rings. The lowest BCUT2D eigenvalue weighted by Crippen LogP contribution is -2.64. The molecule has 0 spiro atoms. The largest absolute Gasteiger partial charge is 0.457 e. The molecule has 7 heteroatoms. The first kappa shape index (κ1) is 9.13. The summed E-state index contributed by atoms with van der Waals surface area (Å²) in [6.07, 6.45) is -58.9. The van der Waals surface area contributed by atoms with Gasteiger partial charge in [0.2, 0.25) is 7.21 Å². The Hall–Kier alpha value is -1.83. The van der Waals surface area contributed by atoms with Crippen molar-refractivity contribution in [3.63, 3.8) is 0 Å². The van der Waals surface area contributed by atoms with Gasteiger partial charge in [-0.25, -0.2) is 0 Å². The fourth-order valence-corrected chi connectivity index (χ4v) is 5.16. The number of fused-ring (bicyclic) bond motifs is 7. The molecular weight excluding hydrogens is 532 g/mol. The van der Waals surface area contributed by atoms with Gasteiger partial charge in [-0.05, 0) is 74.5 Å². The van der Waals surface area contributed by atoms with Crippen molar-refractivity contribution in [1.29, 1.82) is 1.43 Å². The van der Waals surface area contributed by atoms with Crippen molar-refractivity contribution in [2.24, 2.45) is 46.2 Å². The Bertz CT molecular complexity index is 2740. The number of rotatable bonds is 7. The Morgan fingerprint density at radius 1 is 1.36 bits per heavy atom. The summed E-state index contributed by atoms with van der Waals surface area (Å²) in [4.78, 5) is 43.7. The average Bonchev–Trinajstić information content (AvgIpc) is 3.60. The van der Waals surface area contributed by atoms with Crippen molar-refractivity contribution in [1.82, 2.24) is 0 Å². The van der Waals surface area contributed by atoms with E-state index in [9.17, 15) is 34.3 Å². The van der Waals surface area contributed by atoms with Crippen LogP contribution in [-0.2, 0) is 28.6 Å². The molecule has 1 saturated heterocycles. The van der Waals surface area contributed by atoms with Crippen molar-refractivity contribution in [2.75, 3.05) is 6.56 Å². The predicted octanol–water partition coefficient (Wildman–Crippen LogP) is 5.73. The van der Waals surface area contributed by atoms with Crippen LogP contribution in [0, 0.1) is 46.2 Å². The molecular formula is C35H50O7. The third-order valence-corrected chi connectivity index (χ3v) is 7.32. The second-order valence-electron chi connectivity index (χ2n) is 9.79. The molecule has 5 aliphatic carbocycles. The van der Waals surface area contributed by atoms with Crippen molar-refractivity contribution in [2.45, 2.75) is 123 Å². The fraction of sp³-hybridized carbons (Fsp3) is 0.800. The van der Waals surface area contributed by atoms with Crippen molar-refractivity contribution in [3.05, 3.63) is 23.3 Å². The van der Waals surface area contributed by atoms with Gasteiger partial charge in [0.15, 0.2) is 24.2 Å². The summed E-state index contributed by atoms with van der Waals surface area (Å²) in [7, 11) is 0. The highest BCUT2D eigenvalue weighted by molar-refractivity contribution is 6.05. The van der Waals surface area contributed by atoms with E-state index in [4.69, 9.17) is 35.6 Å². The van der Waals surface area contributed by atoms with E-state index in [1.165, 1.54) is 0 Å². The molecule has 6 aliphatic rings. The lowest BCUT2D eigenvalue weighted by atomic mass is 9.46. The minimum Gasteiger partial charge on any atom is -0.457 e. The molecule has 0 amide bonds. The molecule has 0 radical (unpaired) electrons. The topological polar surface area (TPSA) is 99.1 Å². The number of carbonyl (C=O) groups is 3. The zero-order valence-electron chi connectivity index (χ0n) is 59.3. The third-order valence-electron chi connectivity index (χ3n) is 7.32. The quantitative estimate of drug-likeness (QED) is 0.364. The third kappa shape index (κ3) is 4.27. The van der Waals surface area contributed by atoms with Crippen molar-refractivity contribution >= 4 is 17.5 Å².